The first-order valence-electron chi connectivity index (χ1n) is 7.48. The lowest BCUT2D eigenvalue weighted by Crippen LogP contribution is -2.15. The minimum absolute atomic E-state index is 0.336. The van der Waals surface area contributed by atoms with E-state index < -0.39 is 0 Å². The Morgan fingerprint density at radius 1 is 1.05 bits per heavy atom. The zero-order valence-corrected chi connectivity index (χ0v) is 11.9. The summed E-state index contributed by atoms with van der Waals surface area (Å²) in [7, 11) is 0. The Balaban J connectivity index is 1.99. The first kappa shape index (κ1) is 14.0. The van der Waals surface area contributed by atoms with Crippen LogP contribution in [0.2, 0.25) is 0 Å². The average molecular weight is 263 g/mol. The molecule has 1 aliphatic carbocycles. The van der Waals surface area contributed by atoms with Crippen molar-refractivity contribution in [3.05, 3.63) is 18.2 Å². The number of anilines is 1. The summed E-state index contributed by atoms with van der Waals surface area (Å²) in [6.45, 7) is 2.81. The van der Waals surface area contributed by atoms with E-state index in [0.29, 0.717) is 18.4 Å². The van der Waals surface area contributed by atoms with Gasteiger partial charge in [0.25, 0.3) is 0 Å². The summed E-state index contributed by atoms with van der Waals surface area (Å²) in [5, 5.41) is 0. The van der Waals surface area contributed by atoms with Gasteiger partial charge in [0.1, 0.15) is 11.5 Å². The Morgan fingerprint density at radius 2 is 1.74 bits per heavy atom. The maximum atomic E-state index is 6.08. The third-order valence-electron chi connectivity index (χ3n) is 3.48. The molecule has 0 atom stereocenters. The molecular formula is C16H25NO2. The molecule has 1 aromatic rings. The van der Waals surface area contributed by atoms with E-state index in [1.54, 1.807) is 0 Å². The summed E-state index contributed by atoms with van der Waals surface area (Å²) < 4.78 is 11.7. The zero-order chi connectivity index (χ0) is 13.5. The average Bonchev–Trinajstić information content (AvgIpc) is 2.64. The molecule has 0 amide bonds. The van der Waals surface area contributed by atoms with Crippen molar-refractivity contribution < 1.29 is 9.47 Å². The lowest BCUT2D eigenvalue weighted by Gasteiger charge is -2.18. The molecule has 0 spiro atoms. The van der Waals surface area contributed by atoms with Crippen LogP contribution in [0.25, 0.3) is 0 Å². The Hall–Kier alpha value is -1.38. The van der Waals surface area contributed by atoms with Gasteiger partial charge in [0.2, 0.25) is 0 Å². The molecule has 3 nitrogen and oxygen atoms in total. The smallest absolute Gasteiger partial charge is 0.125 e. The van der Waals surface area contributed by atoms with Crippen molar-refractivity contribution in [1.29, 1.82) is 0 Å². The molecule has 0 heterocycles. The highest BCUT2D eigenvalue weighted by atomic mass is 16.5. The monoisotopic (exact) mass is 263 g/mol. The molecule has 0 saturated heterocycles. The molecule has 3 heteroatoms. The van der Waals surface area contributed by atoms with E-state index >= 15 is 0 Å². The number of nitrogens with two attached hydrogens (primary N) is 1. The van der Waals surface area contributed by atoms with Crippen molar-refractivity contribution in [3.63, 3.8) is 0 Å². The van der Waals surface area contributed by atoms with E-state index in [4.69, 9.17) is 15.2 Å². The highest BCUT2D eigenvalue weighted by molar-refractivity contribution is 5.50. The first-order chi connectivity index (χ1) is 9.28. The molecule has 106 valence electrons. The van der Waals surface area contributed by atoms with Crippen molar-refractivity contribution in [2.75, 3.05) is 12.3 Å². The zero-order valence-electron chi connectivity index (χ0n) is 11.9. The molecule has 1 aromatic carbocycles. The van der Waals surface area contributed by atoms with Gasteiger partial charge >= 0.3 is 0 Å². The van der Waals surface area contributed by atoms with Crippen LogP contribution in [-0.4, -0.2) is 12.7 Å². The van der Waals surface area contributed by atoms with E-state index in [9.17, 15) is 0 Å². The van der Waals surface area contributed by atoms with E-state index in [0.717, 1.165) is 30.8 Å². The molecule has 2 N–H and O–H groups in total. The van der Waals surface area contributed by atoms with Gasteiger partial charge in [-0.3, -0.25) is 0 Å². The molecule has 19 heavy (non-hydrogen) atoms. The Kier molecular flexibility index (Phi) is 5.37. The number of ether oxygens (including phenoxy) is 2. The van der Waals surface area contributed by atoms with Gasteiger partial charge in [-0.15, -0.1) is 0 Å². The fraction of sp³-hybridized carbons (Fsp3) is 0.625. The number of rotatable bonds is 5. The van der Waals surface area contributed by atoms with Crippen molar-refractivity contribution in [3.8, 4) is 11.5 Å². The summed E-state index contributed by atoms with van der Waals surface area (Å²) in [5.41, 5.74) is 6.61. The van der Waals surface area contributed by atoms with Gasteiger partial charge < -0.3 is 15.2 Å². The molecule has 1 saturated carbocycles. The van der Waals surface area contributed by atoms with Gasteiger partial charge in [0, 0.05) is 23.9 Å². The minimum atomic E-state index is 0.336. The van der Waals surface area contributed by atoms with Crippen LogP contribution in [0.4, 0.5) is 5.69 Å². The number of nitrogen functional groups attached to an aromatic ring is 1. The Bertz CT molecular complexity index is 384. The summed E-state index contributed by atoms with van der Waals surface area (Å²) >= 11 is 0. The summed E-state index contributed by atoms with van der Waals surface area (Å²) in [4.78, 5) is 0. The predicted octanol–water partition coefficient (Wildman–Crippen LogP) is 4.16. The molecule has 0 radical (unpaired) electrons. The normalized spacial score (nSPS) is 16.9. The largest absolute Gasteiger partial charge is 0.493 e. The first-order valence-corrected chi connectivity index (χ1v) is 7.48. The van der Waals surface area contributed by atoms with E-state index in [2.05, 4.69) is 6.92 Å². The van der Waals surface area contributed by atoms with Crippen LogP contribution in [0, 0.1) is 0 Å². The summed E-state index contributed by atoms with van der Waals surface area (Å²) in [5.74, 6) is 1.66. The summed E-state index contributed by atoms with van der Waals surface area (Å²) in [6, 6.07) is 5.70. The van der Waals surface area contributed by atoms with Crippen molar-refractivity contribution in [2.24, 2.45) is 0 Å². The fourth-order valence-electron chi connectivity index (χ4n) is 2.52. The molecule has 0 unspecified atom stereocenters. The second kappa shape index (κ2) is 7.27. The maximum absolute atomic E-state index is 6.08. The predicted molar refractivity (Wildman–Crippen MR) is 78.8 cm³/mol. The third-order valence-corrected chi connectivity index (χ3v) is 3.48. The van der Waals surface area contributed by atoms with Gasteiger partial charge in [-0.2, -0.15) is 0 Å². The van der Waals surface area contributed by atoms with E-state index in [1.165, 1.54) is 25.7 Å². The Labute approximate surface area is 116 Å². The molecule has 0 bridgehead atoms. The van der Waals surface area contributed by atoms with Crippen LogP contribution in [0.5, 0.6) is 11.5 Å². The van der Waals surface area contributed by atoms with Crippen LogP contribution < -0.4 is 15.2 Å². The molecule has 1 fully saturated rings. The molecule has 2 rings (SSSR count). The highest BCUT2D eigenvalue weighted by Crippen LogP contribution is 2.28. The SMILES string of the molecule is CCCOc1cc(N)cc(OC2CCCCCC2)c1. The van der Waals surface area contributed by atoms with Gasteiger partial charge in [-0.1, -0.05) is 19.8 Å². The van der Waals surface area contributed by atoms with Crippen LogP contribution in [0.1, 0.15) is 51.9 Å². The number of hydrogen-bond acceptors (Lipinski definition) is 3. The highest BCUT2D eigenvalue weighted by Gasteiger charge is 2.14. The van der Waals surface area contributed by atoms with Crippen molar-refractivity contribution in [2.45, 2.75) is 58.0 Å². The quantitative estimate of drug-likeness (QED) is 0.641. The lowest BCUT2D eigenvalue weighted by atomic mass is 10.1. The minimum Gasteiger partial charge on any atom is -0.493 e. The summed E-state index contributed by atoms with van der Waals surface area (Å²) in [6.07, 6.45) is 8.85. The third kappa shape index (κ3) is 4.66. The van der Waals surface area contributed by atoms with Gasteiger partial charge in [-0.05, 0) is 32.1 Å². The van der Waals surface area contributed by atoms with Crippen LogP contribution in [0.15, 0.2) is 18.2 Å². The van der Waals surface area contributed by atoms with Crippen molar-refractivity contribution in [1.82, 2.24) is 0 Å². The topological polar surface area (TPSA) is 44.5 Å². The fourth-order valence-corrected chi connectivity index (χ4v) is 2.52. The van der Waals surface area contributed by atoms with Crippen LogP contribution in [-0.2, 0) is 0 Å². The lowest BCUT2D eigenvalue weighted by molar-refractivity contribution is 0.183. The standard InChI is InChI=1S/C16H25NO2/c1-2-9-18-15-10-13(17)11-16(12-15)19-14-7-5-3-4-6-8-14/h10-12,14H,2-9,17H2,1H3. The Morgan fingerprint density at radius 3 is 2.42 bits per heavy atom. The van der Waals surface area contributed by atoms with E-state index in [-0.39, 0.29) is 0 Å². The molecule has 0 aromatic heterocycles. The van der Waals surface area contributed by atoms with Gasteiger partial charge in [0.15, 0.2) is 0 Å². The maximum Gasteiger partial charge on any atom is 0.125 e. The van der Waals surface area contributed by atoms with Crippen LogP contribution in [0.3, 0.4) is 0 Å². The molecule has 0 aliphatic heterocycles. The van der Waals surface area contributed by atoms with Crippen LogP contribution >= 0.6 is 0 Å². The molecular weight excluding hydrogens is 238 g/mol. The van der Waals surface area contributed by atoms with Crippen molar-refractivity contribution >= 4 is 5.69 Å². The van der Waals surface area contributed by atoms with E-state index in [1.807, 2.05) is 18.2 Å². The van der Waals surface area contributed by atoms with Gasteiger partial charge in [0.05, 0.1) is 12.7 Å². The molecule has 1 aliphatic rings. The second-order valence-electron chi connectivity index (χ2n) is 5.32. The number of hydrogen-bond donors (Lipinski definition) is 1. The second-order valence-corrected chi connectivity index (χ2v) is 5.32. The number of benzene rings is 1. The van der Waals surface area contributed by atoms with Gasteiger partial charge in [-0.25, -0.2) is 0 Å².